The Morgan fingerprint density at radius 2 is 2.12 bits per heavy atom. The van der Waals surface area contributed by atoms with E-state index in [4.69, 9.17) is 0 Å². The van der Waals surface area contributed by atoms with Gasteiger partial charge in [0.25, 0.3) is 0 Å². The Morgan fingerprint density at radius 3 is 2.76 bits per heavy atom. The zero-order valence-electron chi connectivity index (χ0n) is 13.8. The fourth-order valence-electron chi connectivity index (χ4n) is 2.71. The van der Waals surface area contributed by atoms with Crippen LogP contribution in [0, 0.1) is 0 Å². The SMILES string of the molecule is CS(=O)(=O)Nc1ccc(-c2csc(NC(=O)CC3CCCN3)n2)cc1. The Hall–Kier alpha value is -1.97. The molecule has 0 spiro atoms. The van der Waals surface area contributed by atoms with Gasteiger partial charge < -0.3 is 10.6 Å². The highest BCUT2D eigenvalue weighted by Crippen LogP contribution is 2.26. The van der Waals surface area contributed by atoms with Crippen LogP contribution >= 0.6 is 11.3 Å². The molecular weight excluding hydrogens is 360 g/mol. The van der Waals surface area contributed by atoms with Crippen LogP contribution in [0.5, 0.6) is 0 Å². The standard InChI is InChI=1S/C16H20N4O3S2/c1-25(22,23)20-12-6-4-11(5-7-12)14-10-24-16(18-14)19-15(21)9-13-3-2-8-17-13/h4-7,10,13,17,20H,2-3,8-9H2,1H3,(H,18,19,21). The molecule has 1 amide bonds. The number of hydrogen-bond donors (Lipinski definition) is 3. The minimum Gasteiger partial charge on any atom is -0.313 e. The van der Waals surface area contributed by atoms with E-state index in [9.17, 15) is 13.2 Å². The Kier molecular flexibility index (Phi) is 5.36. The van der Waals surface area contributed by atoms with Gasteiger partial charge in [-0.3, -0.25) is 9.52 Å². The van der Waals surface area contributed by atoms with E-state index in [1.165, 1.54) is 11.3 Å². The lowest BCUT2D eigenvalue weighted by atomic mass is 10.1. The third kappa shape index (κ3) is 5.25. The van der Waals surface area contributed by atoms with Crippen molar-refractivity contribution in [1.29, 1.82) is 0 Å². The van der Waals surface area contributed by atoms with Crippen LogP contribution in [0.25, 0.3) is 11.3 Å². The molecule has 1 aromatic carbocycles. The van der Waals surface area contributed by atoms with Gasteiger partial charge in [0.15, 0.2) is 5.13 Å². The Bertz CT molecular complexity index is 841. The second kappa shape index (κ2) is 7.51. The molecule has 1 aliphatic heterocycles. The smallest absolute Gasteiger partial charge is 0.229 e. The maximum Gasteiger partial charge on any atom is 0.229 e. The highest BCUT2D eigenvalue weighted by Gasteiger charge is 2.18. The fourth-order valence-corrected chi connectivity index (χ4v) is 4.01. The number of carbonyl (C=O) groups is 1. The molecule has 1 aliphatic rings. The molecular formula is C16H20N4O3S2. The highest BCUT2D eigenvalue weighted by atomic mass is 32.2. The van der Waals surface area contributed by atoms with Gasteiger partial charge in [0, 0.05) is 29.1 Å². The average Bonchev–Trinajstić information content (AvgIpc) is 3.18. The van der Waals surface area contributed by atoms with Crippen molar-refractivity contribution in [2.24, 2.45) is 0 Å². The van der Waals surface area contributed by atoms with Crippen molar-refractivity contribution in [2.45, 2.75) is 25.3 Å². The molecule has 1 aromatic heterocycles. The highest BCUT2D eigenvalue weighted by molar-refractivity contribution is 7.92. The lowest BCUT2D eigenvalue weighted by molar-refractivity contribution is -0.116. The number of amides is 1. The predicted octanol–water partition coefficient (Wildman–Crippen LogP) is 2.26. The predicted molar refractivity (Wildman–Crippen MR) is 100 cm³/mol. The van der Waals surface area contributed by atoms with Gasteiger partial charge in [-0.15, -0.1) is 11.3 Å². The van der Waals surface area contributed by atoms with Crippen molar-refractivity contribution in [2.75, 3.05) is 22.8 Å². The van der Waals surface area contributed by atoms with Crippen LogP contribution in [0.3, 0.4) is 0 Å². The zero-order valence-corrected chi connectivity index (χ0v) is 15.4. The topological polar surface area (TPSA) is 100 Å². The second-order valence-electron chi connectivity index (χ2n) is 6.04. The molecule has 1 fully saturated rings. The second-order valence-corrected chi connectivity index (χ2v) is 8.64. The van der Waals surface area contributed by atoms with Crippen LogP contribution in [0.1, 0.15) is 19.3 Å². The number of anilines is 2. The van der Waals surface area contributed by atoms with Crippen LogP contribution in [0.2, 0.25) is 0 Å². The maximum atomic E-state index is 12.0. The van der Waals surface area contributed by atoms with Crippen molar-refractivity contribution < 1.29 is 13.2 Å². The molecule has 1 unspecified atom stereocenters. The summed E-state index contributed by atoms with van der Waals surface area (Å²) in [4.78, 5) is 16.5. The van der Waals surface area contributed by atoms with E-state index in [1.807, 2.05) is 5.38 Å². The van der Waals surface area contributed by atoms with Crippen molar-refractivity contribution >= 4 is 38.1 Å². The molecule has 1 atom stereocenters. The van der Waals surface area contributed by atoms with Crippen LogP contribution < -0.4 is 15.4 Å². The van der Waals surface area contributed by atoms with Gasteiger partial charge in [-0.05, 0) is 31.5 Å². The van der Waals surface area contributed by atoms with Gasteiger partial charge in [0.05, 0.1) is 11.9 Å². The van der Waals surface area contributed by atoms with Crippen LogP contribution in [0.4, 0.5) is 10.8 Å². The van der Waals surface area contributed by atoms with Crippen molar-refractivity contribution in [3.63, 3.8) is 0 Å². The van der Waals surface area contributed by atoms with Gasteiger partial charge in [-0.2, -0.15) is 0 Å². The van der Waals surface area contributed by atoms with Crippen LogP contribution in [0.15, 0.2) is 29.6 Å². The van der Waals surface area contributed by atoms with Crippen molar-refractivity contribution in [1.82, 2.24) is 10.3 Å². The molecule has 1 saturated heterocycles. The average molecular weight is 380 g/mol. The summed E-state index contributed by atoms with van der Waals surface area (Å²) in [6.45, 7) is 0.976. The summed E-state index contributed by atoms with van der Waals surface area (Å²) in [5.41, 5.74) is 2.09. The van der Waals surface area contributed by atoms with Gasteiger partial charge in [-0.25, -0.2) is 13.4 Å². The molecule has 134 valence electrons. The number of carbonyl (C=O) groups excluding carboxylic acids is 1. The summed E-state index contributed by atoms with van der Waals surface area (Å²) in [7, 11) is -3.29. The van der Waals surface area contributed by atoms with Crippen molar-refractivity contribution in [3.8, 4) is 11.3 Å². The van der Waals surface area contributed by atoms with Crippen LogP contribution in [-0.4, -0.2) is 38.2 Å². The number of nitrogens with zero attached hydrogens (tertiary/aromatic N) is 1. The van der Waals surface area contributed by atoms with E-state index in [2.05, 4.69) is 20.3 Å². The lowest BCUT2D eigenvalue weighted by Gasteiger charge is -2.08. The third-order valence-electron chi connectivity index (χ3n) is 3.83. The Balaban J connectivity index is 1.61. The molecule has 2 heterocycles. The number of benzene rings is 1. The van der Waals surface area contributed by atoms with E-state index < -0.39 is 10.0 Å². The molecule has 3 N–H and O–H groups in total. The maximum absolute atomic E-state index is 12.0. The van der Waals surface area contributed by atoms with Gasteiger partial charge in [0.2, 0.25) is 15.9 Å². The molecule has 25 heavy (non-hydrogen) atoms. The fraction of sp³-hybridized carbons (Fsp3) is 0.375. The minimum atomic E-state index is -3.29. The summed E-state index contributed by atoms with van der Waals surface area (Å²) < 4.78 is 24.9. The largest absolute Gasteiger partial charge is 0.313 e. The molecule has 0 aliphatic carbocycles. The quantitative estimate of drug-likeness (QED) is 0.714. The lowest BCUT2D eigenvalue weighted by Crippen LogP contribution is -2.27. The number of rotatable bonds is 6. The summed E-state index contributed by atoms with van der Waals surface area (Å²) in [6.07, 6.45) is 3.71. The normalized spacial score (nSPS) is 17.4. The first kappa shape index (κ1) is 17.8. The first-order chi connectivity index (χ1) is 11.9. The Morgan fingerprint density at radius 1 is 1.36 bits per heavy atom. The number of sulfonamides is 1. The van der Waals surface area contributed by atoms with Crippen LogP contribution in [-0.2, 0) is 14.8 Å². The first-order valence-electron chi connectivity index (χ1n) is 7.96. The summed E-state index contributed by atoms with van der Waals surface area (Å²) >= 11 is 1.37. The van der Waals surface area contributed by atoms with E-state index >= 15 is 0 Å². The summed E-state index contributed by atoms with van der Waals surface area (Å²) in [6, 6.07) is 7.20. The number of thiazole rings is 1. The number of nitrogens with one attached hydrogen (secondary N) is 3. The number of hydrogen-bond acceptors (Lipinski definition) is 6. The molecule has 9 heteroatoms. The summed E-state index contributed by atoms with van der Waals surface area (Å²) in [5, 5.41) is 8.57. The molecule has 0 saturated carbocycles. The third-order valence-corrected chi connectivity index (χ3v) is 5.19. The first-order valence-corrected chi connectivity index (χ1v) is 10.7. The van der Waals surface area contributed by atoms with E-state index in [0.717, 1.165) is 36.9 Å². The molecule has 7 nitrogen and oxygen atoms in total. The summed E-state index contributed by atoms with van der Waals surface area (Å²) in [5.74, 6) is -0.0343. The number of aromatic nitrogens is 1. The van der Waals surface area contributed by atoms with E-state index in [0.29, 0.717) is 17.2 Å². The monoisotopic (exact) mass is 380 g/mol. The van der Waals surface area contributed by atoms with Gasteiger partial charge in [-0.1, -0.05) is 12.1 Å². The molecule has 3 rings (SSSR count). The van der Waals surface area contributed by atoms with E-state index in [-0.39, 0.29) is 11.9 Å². The molecule has 2 aromatic rings. The molecule has 0 bridgehead atoms. The zero-order chi connectivity index (χ0) is 17.9. The minimum absolute atomic E-state index is 0.0343. The van der Waals surface area contributed by atoms with E-state index in [1.54, 1.807) is 24.3 Å². The van der Waals surface area contributed by atoms with Gasteiger partial charge in [0.1, 0.15) is 0 Å². The van der Waals surface area contributed by atoms with Gasteiger partial charge >= 0.3 is 0 Å². The molecule has 0 radical (unpaired) electrons. The Labute approximate surface area is 150 Å². The van der Waals surface area contributed by atoms with Crippen molar-refractivity contribution in [3.05, 3.63) is 29.6 Å².